The lowest BCUT2D eigenvalue weighted by molar-refractivity contribution is 0.0934. The molecule has 21 heavy (non-hydrogen) atoms. The first-order valence-electron chi connectivity index (χ1n) is 6.70. The summed E-state index contributed by atoms with van der Waals surface area (Å²) in [7, 11) is 0. The normalized spacial score (nSPS) is 14.3. The Bertz CT molecular complexity index is 646. The van der Waals surface area contributed by atoms with Crippen molar-refractivity contribution < 1.29 is 14.3 Å². The van der Waals surface area contributed by atoms with E-state index in [0.717, 1.165) is 11.3 Å². The maximum Gasteiger partial charge on any atom is 0.271 e. The summed E-state index contributed by atoms with van der Waals surface area (Å²) >= 11 is 0. The number of hydrogen-bond acceptors (Lipinski definition) is 5. The number of hydrogen-bond donors (Lipinski definition) is 1. The second kappa shape index (κ2) is 5.78. The van der Waals surface area contributed by atoms with E-state index in [4.69, 9.17) is 9.47 Å². The van der Waals surface area contributed by atoms with Gasteiger partial charge in [-0.3, -0.25) is 9.78 Å². The Hall–Kier alpha value is -2.63. The summed E-state index contributed by atoms with van der Waals surface area (Å²) in [6.45, 7) is 3.00. The van der Waals surface area contributed by atoms with Crippen molar-refractivity contribution in [1.29, 1.82) is 0 Å². The number of fused-ring (bicyclic) bond motifs is 1. The number of amides is 1. The van der Waals surface area contributed by atoms with Crippen LogP contribution in [0.15, 0.2) is 36.8 Å². The maximum atomic E-state index is 12.0. The van der Waals surface area contributed by atoms with Crippen molar-refractivity contribution in [2.24, 2.45) is 0 Å². The quantitative estimate of drug-likeness (QED) is 0.930. The van der Waals surface area contributed by atoms with Crippen molar-refractivity contribution in [3.63, 3.8) is 0 Å². The fourth-order valence-corrected chi connectivity index (χ4v) is 2.10. The Morgan fingerprint density at radius 1 is 1.24 bits per heavy atom. The lowest BCUT2D eigenvalue weighted by Crippen LogP contribution is -2.27. The highest BCUT2D eigenvalue weighted by molar-refractivity contribution is 5.92. The summed E-state index contributed by atoms with van der Waals surface area (Å²) in [5.41, 5.74) is 1.23. The summed E-state index contributed by atoms with van der Waals surface area (Å²) in [5, 5.41) is 2.88. The number of nitrogens with zero attached hydrogens (tertiary/aromatic N) is 2. The molecule has 0 fully saturated rings. The van der Waals surface area contributed by atoms with Gasteiger partial charge in [0.25, 0.3) is 5.91 Å². The zero-order valence-electron chi connectivity index (χ0n) is 11.6. The number of ether oxygens (including phenoxy) is 2. The third-order valence-corrected chi connectivity index (χ3v) is 3.21. The second-order valence-electron chi connectivity index (χ2n) is 4.69. The van der Waals surface area contributed by atoms with Crippen molar-refractivity contribution in [2.45, 2.75) is 13.0 Å². The van der Waals surface area contributed by atoms with Gasteiger partial charge >= 0.3 is 0 Å². The number of nitrogens with one attached hydrogen (secondary N) is 1. The van der Waals surface area contributed by atoms with E-state index in [1.54, 1.807) is 0 Å². The molecule has 0 spiro atoms. The van der Waals surface area contributed by atoms with Crippen molar-refractivity contribution in [2.75, 3.05) is 13.2 Å². The summed E-state index contributed by atoms with van der Waals surface area (Å²) in [6.07, 6.45) is 4.45. The Kier molecular flexibility index (Phi) is 3.68. The Morgan fingerprint density at radius 2 is 2.05 bits per heavy atom. The van der Waals surface area contributed by atoms with E-state index in [2.05, 4.69) is 15.3 Å². The first kappa shape index (κ1) is 13.4. The molecule has 0 radical (unpaired) electrons. The summed E-state index contributed by atoms with van der Waals surface area (Å²) in [6, 6.07) is 5.48. The van der Waals surface area contributed by atoms with Crippen LogP contribution in [-0.2, 0) is 0 Å². The molecule has 0 aliphatic carbocycles. The third kappa shape index (κ3) is 2.94. The Labute approximate surface area is 122 Å². The van der Waals surface area contributed by atoms with Gasteiger partial charge in [0.2, 0.25) is 0 Å². The van der Waals surface area contributed by atoms with E-state index in [9.17, 15) is 4.79 Å². The van der Waals surface area contributed by atoms with Gasteiger partial charge in [-0.05, 0) is 24.6 Å². The monoisotopic (exact) mass is 285 g/mol. The van der Waals surface area contributed by atoms with Crippen LogP contribution in [0.4, 0.5) is 0 Å². The molecule has 6 nitrogen and oxygen atoms in total. The molecule has 108 valence electrons. The van der Waals surface area contributed by atoms with Gasteiger partial charge in [0.1, 0.15) is 18.9 Å². The summed E-state index contributed by atoms with van der Waals surface area (Å²) < 4.78 is 11.0. The fraction of sp³-hybridized carbons (Fsp3) is 0.267. The molecular formula is C15H15N3O3. The van der Waals surface area contributed by atoms with Gasteiger partial charge in [-0.1, -0.05) is 6.07 Å². The molecule has 2 heterocycles. The van der Waals surface area contributed by atoms with Gasteiger partial charge in [-0.2, -0.15) is 0 Å². The SMILES string of the molecule is CC(NC(=O)c1cnccn1)c1ccc2c(c1)OCCO2. The van der Waals surface area contributed by atoms with Gasteiger partial charge in [-0.25, -0.2) is 4.98 Å². The first-order chi connectivity index (χ1) is 10.2. The average molecular weight is 285 g/mol. The van der Waals surface area contributed by atoms with E-state index in [-0.39, 0.29) is 11.9 Å². The van der Waals surface area contributed by atoms with Gasteiger partial charge < -0.3 is 14.8 Å². The first-order valence-corrected chi connectivity index (χ1v) is 6.70. The van der Waals surface area contributed by atoms with E-state index in [0.29, 0.717) is 24.7 Å². The lowest BCUT2D eigenvalue weighted by atomic mass is 10.1. The molecule has 1 N–H and O–H groups in total. The maximum absolute atomic E-state index is 12.0. The number of carbonyl (C=O) groups excluding carboxylic acids is 1. The lowest BCUT2D eigenvalue weighted by Gasteiger charge is -2.21. The zero-order chi connectivity index (χ0) is 14.7. The van der Waals surface area contributed by atoms with Crippen LogP contribution < -0.4 is 14.8 Å². The van der Waals surface area contributed by atoms with Crippen LogP contribution in [0.1, 0.15) is 29.0 Å². The highest BCUT2D eigenvalue weighted by Crippen LogP contribution is 2.32. The van der Waals surface area contributed by atoms with Gasteiger partial charge in [-0.15, -0.1) is 0 Å². The molecule has 1 aliphatic rings. The molecule has 2 aromatic rings. The highest BCUT2D eigenvalue weighted by Gasteiger charge is 2.16. The molecule has 3 rings (SSSR count). The Morgan fingerprint density at radius 3 is 2.81 bits per heavy atom. The van der Waals surface area contributed by atoms with Crippen molar-refractivity contribution in [3.8, 4) is 11.5 Å². The van der Waals surface area contributed by atoms with Crippen LogP contribution in [0.2, 0.25) is 0 Å². The van der Waals surface area contributed by atoms with E-state index in [1.807, 2.05) is 25.1 Å². The van der Waals surface area contributed by atoms with Gasteiger partial charge in [0.05, 0.1) is 12.2 Å². The second-order valence-corrected chi connectivity index (χ2v) is 4.69. The number of aromatic nitrogens is 2. The number of benzene rings is 1. The molecule has 1 aromatic carbocycles. The van der Waals surface area contributed by atoms with Crippen LogP contribution in [0.5, 0.6) is 11.5 Å². The molecule has 1 aromatic heterocycles. The topological polar surface area (TPSA) is 73.3 Å². The molecule has 1 unspecified atom stereocenters. The summed E-state index contributed by atoms with van der Waals surface area (Å²) in [5.74, 6) is 1.18. The predicted octanol–water partition coefficient (Wildman–Crippen LogP) is 1.74. The molecule has 0 saturated carbocycles. The fourth-order valence-electron chi connectivity index (χ4n) is 2.10. The molecule has 1 aliphatic heterocycles. The minimum absolute atomic E-state index is 0.171. The minimum Gasteiger partial charge on any atom is -0.486 e. The largest absolute Gasteiger partial charge is 0.486 e. The molecule has 1 atom stereocenters. The van der Waals surface area contributed by atoms with Crippen LogP contribution in [0.25, 0.3) is 0 Å². The van der Waals surface area contributed by atoms with Gasteiger partial charge in [0.15, 0.2) is 11.5 Å². The van der Waals surface area contributed by atoms with Crippen LogP contribution in [0, 0.1) is 0 Å². The van der Waals surface area contributed by atoms with Crippen molar-refractivity contribution >= 4 is 5.91 Å². The minimum atomic E-state index is -0.259. The van der Waals surface area contributed by atoms with Crippen LogP contribution in [0.3, 0.4) is 0 Å². The van der Waals surface area contributed by atoms with E-state index in [1.165, 1.54) is 18.6 Å². The van der Waals surface area contributed by atoms with Crippen LogP contribution in [-0.4, -0.2) is 29.1 Å². The smallest absolute Gasteiger partial charge is 0.271 e. The van der Waals surface area contributed by atoms with Gasteiger partial charge in [0, 0.05) is 12.4 Å². The molecular weight excluding hydrogens is 270 g/mol. The van der Waals surface area contributed by atoms with E-state index >= 15 is 0 Å². The Balaban J connectivity index is 1.73. The average Bonchev–Trinajstić information content (AvgIpc) is 2.55. The number of rotatable bonds is 3. The molecule has 0 saturated heterocycles. The molecule has 6 heteroatoms. The zero-order valence-corrected chi connectivity index (χ0v) is 11.6. The van der Waals surface area contributed by atoms with E-state index < -0.39 is 0 Å². The molecule has 1 amide bonds. The standard InChI is InChI=1S/C15H15N3O3/c1-10(18-15(19)12-9-16-4-5-17-12)11-2-3-13-14(8-11)21-7-6-20-13/h2-5,8-10H,6-7H2,1H3,(H,18,19). The van der Waals surface area contributed by atoms with Crippen LogP contribution >= 0.6 is 0 Å². The molecule has 0 bridgehead atoms. The predicted molar refractivity (Wildman–Crippen MR) is 75.3 cm³/mol. The summed E-state index contributed by atoms with van der Waals surface area (Å²) in [4.78, 5) is 19.9. The highest BCUT2D eigenvalue weighted by atomic mass is 16.6. The number of carbonyl (C=O) groups is 1. The van der Waals surface area contributed by atoms with Crippen molar-refractivity contribution in [3.05, 3.63) is 48.0 Å². The van der Waals surface area contributed by atoms with Crippen molar-refractivity contribution in [1.82, 2.24) is 15.3 Å². The third-order valence-electron chi connectivity index (χ3n) is 3.21.